The Bertz CT molecular complexity index is 364. The lowest BCUT2D eigenvalue weighted by Crippen LogP contribution is -2.47. The molecule has 6 heteroatoms. The number of hydrogen-bond donors (Lipinski definition) is 1. The monoisotopic (exact) mass is 354 g/mol. The zero-order chi connectivity index (χ0) is 17.7. The van der Waals surface area contributed by atoms with Crippen LogP contribution in [0.2, 0.25) is 0 Å². The van der Waals surface area contributed by atoms with E-state index in [9.17, 15) is 0 Å². The molecule has 0 aliphatic carbocycles. The van der Waals surface area contributed by atoms with E-state index >= 15 is 0 Å². The van der Waals surface area contributed by atoms with Crippen LogP contribution in [0.4, 0.5) is 0 Å². The summed E-state index contributed by atoms with van der Waals surface area (Å²) in [6, 6.07) is 0. The number of rotatable bonds is 9. The lowest BCUT2D eigenvalue weighted by molar-refractivity contribution is 0.00990. The molecule has 25 heavy (non-hydrogen) atoms. The van der Waals surface area contributed by atoms with Gasteiger partial charge in [0.15, 0.2) is 5.96 Å². The second-order valence-electron chi connectivity index (χ2n) is 7.04. The quantitative estimate of drug-likeness (QED) is 0.390. The summed E-state index contributed by atoms with van der Waals surface area (Å²) in [5.41, 5.74) is 0. The number of aliphatic imine (C=N–C) groups is 1. The van der Waals surface area contributed by atoms with E-state index in [2.05, 4.69) is 22.0 Å². The van der Waals surface area contributed by atoms with Crippen molar-refractivity contribution in [3.63, 3.8) is 0 Å². The number of likely N-dealkylation sites (tertiary alicyclic amines) is 2. The third-order valence-electron chi connectivity index (χ3n) is 5.05. The first-order chi connectivity index (χ1) is 12.3. The highest BCUT2D eigenvalue weighted by molar-refractivity contribution is 5.80. The average molecular weight is 355 g/mol. The summed E-state index contributed by atoms with van der Waals surface area (Å²) in [5.74, 6) is 1.08. The molecule has 0 aromatic carbocycles. The van der Waals surface area contributed by atoms with Crippen molar-refractivity contribution in [2.75, 3.05) is 66.1 Å². The van der Waals surface area contributed by atoms with Gasteiger partial charge in [0.25, 0.3) is 0 Å². The maximum Gasteiger partial charge on any atom is 0.193 e. The molecule has 2 saturated heterocycles. The van der Waals surface area contributed by atoms with Crippen molar-refractivity contribution in [3.05, 3.63) is 0 Å². The van der Waals surface area contributed by atoms with Crippen LogP contribution in [-0.2, 0) is 9.47 Å². The molecule has 2 aliphatic heterocycles. The van der Waals surface area contributed by atoms with Crippen molar-refractivity contribution in [3.8, 4) is 0 Å². The normalized spacial score (nSPS) is 20.9. The minimum atomic E-state index is 0.393. The predicted molar refractivity (Wildman–Crippen MR) is 103 cm³/mol. The van der Waals surface area contributed by atoms with Gasteiger partial charge in [-0.2, -0.15) is 0 Å². The van der Waals surface area contributed by atoms with E-state index in [0.29, 0.717) is 6.10 Å². The number of ether oxygens (including phenoxy) is 2. The van der Waals surface area contributed by atoms with Gasteiger partial charge in [-0.15, -0.1) is 0 Å². The molecule has 0 saturated carbocycles. The van der Waals surface area contributed by atoms with Crippen LogP contribution in [-0.4, -0.2) is 88.0 Å². The van der Waals surface area contributed by atoms with Gasteiger partial charge in [0, 0.05) is 46.5 Å². The minimum absolute atomic E-state index is 0.393. The van der Waals surface area contributed by atoms with E-state index < -0.39 is 0 Å². The Kier molecular flexibility index (Phi) is 10.2. The number of piperidine rings is 2. The van der Waals surface area contributed by atoms with Crippen LogP contribution >= 0.6 is 0 Å². The van der Waals surface area contributed by atoms with E-state index in [-0.39, 0.29) is 0 Å². The number of guanidine groups is 1. The molecule has 2 rings (SSSR count). The zero-order valence-corrected chi connectivity index (χ0v) is 16.3. The second-order valence-corrected chi connectivity index (χ2v) is 7.04. The second kappa shape index (κ2) is 12.5. The molecule has 6 nitrogen and oxygen atoms in total. The lowest BCUT2D eigenvalue weighted by atomic mass is 10.1. The highest BCUT2D eigenvalue weighted by atomic mass is 16.5. The van der Waals surface area contributed by atoms with Crippen molar-refractivity contribution in [1.82, 2.24) is 15.1 Å². The fourth-order valence-corrected chi connectivity index (χ4v) is 3.59. The van der Waals surface area contributed by atoms with Crippen LogP contribution < -0.4 is 5.32 Å². The van der Waals surface area contributed by atoms with Gasteiger partial charge < -0.3 is 24.6 Å². The van der Waals surface area contributed by atoms with Crippen molar-refractivity contribution in [1.29, 1.82) is 0 Å². The molecule has 2 fully saturated rings. The molecule has 0 unspecified atom stereocenters. The van der Waals surface area contributed by atoms with E-state index in [1.165, 1.54) is 32.4 Å². The first-order valence-corrected chi connectivity index (χ1v) is 10.2. The molecule has 0 aromatic heterocycles. The Hall–Kier alpha value is -0.850. The summed E-state index contributed by atoms with van der Waals surface area (Å²) in [4.78, 5) is 9.82. The van der Waals surface area contributed by atoms with Gasteiger partial charge in [0.05, 0.1) is 12.6 Å². The lowest BCUT2D eigenvalue weighted by Gasteiger charge is -2.34. The van der Waals surface area contributed by atoms with Crippen LogP contribution in [0.5, 0.6) is 0 Å². The third-order valence-corrected chi connectivity index (χ3v) is 5.05. The fourth-order valence-electron chi connectivity index (χ4n) is 3.59. The standard InChI is InChI=1S/C19H38N4O2/c1-3-20-19(21-10-15-22-11-5-4-6-12-22)23-13-8-18(9-14-23)25-17-7-16-24-2/h18H,3-17H2,1-2H3,(H,20,21). The average Bonchev–Trinajstić information content (AvgIpc) is 2.66. The smallest absolute Gasteiger partial charge is 0.193 e. The summed E-state index contributed by atoms with van der Waals surface area (Å²) in [6.45, 7) is 11.2. The molecule has 0 radical (unpaired) electrons. The van der Waals surface area contributed by atoms with Gasteiger partial charge in [0.1, 0.15) is 0 Å². The Balaban J connectivity index is 1.69. The first-order valence-electron chi connectivity index (χ1n) is 10.2. The van der Waals surface area contributed by atoms with Crippen molar-refractivity contribution >= 4 is 5.96 Å². The minimum Gasteiger partial charge on any atom is -0.385 e. The van der Waals surface area contributed by atoms with Gasteiger partial charge in [-0.3, -0.25) is 4.99 Å². The highest BCUT2D eigenvalue weighted by Crippen LogP contribution is 2.14. The third kappa shape index (κ3) is 7.92. The number of nitrogens with one attached hydrogen (secondary N) is 1. The van der Waals surface area contributed by atoms with Crippen LogP contribution in [0.1, 0.15) is 45.4 Å². The van der Waals surface area contributed by atoms with Crippen molar-refractivity contribution < 1.29 is 9.47 Å². The van der Waals surface area contributed by atoms with Gasteiger partial charge in [-0.05, 0) is 52.1 Å². The van der Waals surface area contributed by atoms with Crippen molar-refractivity contribution in [2.45, 2.75) is 51.6 Å². The van der Waals surface area contributed by atoms with Gasteiger partial charge >= 0.3 is 0 Å². The molecule has 0 spiro atoms. The molecular weight excluding hydrogens is 316 g/mol. The molecule has 1 N–H and O–H groups in total. The maximum atomic E-state index is 5.96. The number of methoxy groups -OCH3 is 1. The summed E-state index contributed by atoms with van der Waals surface area (Å²) >= 11 is 0. The molecule has 146 valence electrons. The van der Waals surface area contributed by atoms with E-state index in [1.54, 1.807) is 7.11 Å². The van der Waals surface area contributed by atoms with Crippen molar-refractivity contribution in [2.24, 2.45) is 4.99 Å². The summed E-state index contributed by atoms with van der Waals surface area (Å²) in [5, 5.41) is 3.46. The Morgan fingerprint density at radius 2 is 1.84 bits per heavy atom. The molecule has 0 bridgehead atoms. The molecule has 0 atom stereocenters. The Labute approximate surface area is 153 Å². The first kappa shape index (κ1) is 20.5. The largest absolute Gasteiger partial charge is 0.385 e. The number of nitrogens with zero attached hydrogens (tertiary/aromatic N) is 3. The van der Waals surface area contributed by atoms with Gasteiger partial charge in [0.2, 0.25) is 0 Å². The fraction of sp³-hybridized carbons (Fsp3) is 0.947. The molecule has 2 aliphatic rings. The number of hydrogen-bond acceptors (Lipinski definition) is 4. The predicted octanol–water partition coefficient (Wildman–Crippen LogP) is 1.96. The molecule has 2 heterocycles. The van der Waals surface area contributed by atoms with Crippen LogP contribution in [0.25, 0.3) is 0 Å². The van der Waals surface area contributed by atoms with E-state index in [1.807, 2.05) is 0 Å². The molecular formula is C19H38N4O2. The maximum absolute atomic E-state index is 5.96. The topological polar surface area (TPSA) is 49.3 Å². The Morgan fingerprint density at radius 3 is 2.52 bits per heavy atom. The molecule has 0 aromatic rings. The molecule has 0 amide bonds. The van der Waals surface area contributed by atoms with Crippen LogP contribution in [0, 0.1) is 0 Å². The SMILES string of the molecule is CCNC(=NCCN1CCCCC1)N1CCC(OCCCOC)CC1. The summed E-state index contributed by atoms with van der Waals surface area (Å²) in [7, 11) is 1.74. The summed E-state index contributed by atoms with van der Waals surface area (Å²) in [6.07, 6.45) is 7.64. The van der Waals surface area contributed by atoms with E-state index in [4.69, 9.17) is 14.5 Å². The Morgan fingerprint density at radius 1 is 1.08 bits per heavy atom. The van der Waals surface area contributed by atoms with Crippen LogP contribution in [0.15, 0.2) is 4.99 Å². The summed E-state index contributed by atoms with van der Waals surface area (Å²) < 4.78 is 11.0. The van der Waals surface area contributed by atoms with Gasteiger partial charge in [-0.1, -0.05) is 6.42 Å². The highest BCUT2D eigenvalue weighted by Gasteiger charge is 2.21. The zero-order valence-electron chi connectivity index (χ0n) is 16.3. The van der Waals surface area contributed by atoms with Crippen LogP contribution in [0.3, 0.4) is 0 Å². The van der Waals surface area contributed by atoms with Gasteiger partial charge in [-0.25, -0.2) is 0 Å². The van der Waals surface area contributed by atoms with E-state index in [0.717, 1.165) is 71.2 Å².